The molecule has 3 N–H and O–H groups in total. The number of benzene rings is 1. The minimum atomic E-state index is -0.199. The molecule has 0 heterocycles. The Balaban J connectivity index is 2.80. The molecule has 0 saturated carbocycles. The lowest BCUT2D eigenvalue weighted by Gasteiger charge is -2.20. The summed E-state index contributed by atoms with van der Waals surface area (Å²) in [6.45, 7) is 8.17. The Labute approximate surface area is 121 Å². The van der Waals surface area contributed by atoms with Crippen molar-refractivity contribution >= 4 is 11.6 Å². The molecule has 20 heavy (non-hydrogen) atoms. The van der Waals surface area contributed by atoms with Crippen LogP contribution in [0.2, 0.25) is 0 Å². The van der Waals surface area contributed by atoms with Crippen molar-refractivity contribution in [3.63, 3.8) is 0 Å². The van der Waals surface area contributed by atoms with E-state index in [1.165, 1.54) is 0 Å². The molecule has 0 aliphatic carbocycles. The molecule has 1 atom stereocenters. The summed E-state index contributed by atoms with van der Waals surface area (Å²) in [5, 5.41) is 15.5. The van der Waals surface area contributed by atoms with Gasteiger partial charge in [-0.1, -0.05) is 26.0 Å². The molecule has 1 amide bonds. The topological polar surface area (TPSA) is 61.4 Å². The molecule has 4 heteroatoms. The van der Waals surface area contributed by atoms with Crippen molar-refractivity contribution in [3.8, 4) is 0 Å². The van der Waals surface area contributed by atoms with Crippen LogP contribution in [0.1, 0.15) is 44.5 Å². The highest BCUT2D eigenvalue weighted by molar-refractivity contribution is 5.99. The van der Waals surface area contributed by atoms with Gasteiger partial charge in [0.05, 0.1) is 18.2 Å². The van der Waals surface area contributed by atoms with Gasteiger partial charge in [-0.2, -0.15) is 0 Å². The third-order valence-corrected chi connectivity index (χ3v) is 2.93. The minimum Gasteiger partial charge on any atom is -0.394 e. The minimum absolute atomic E-state index is 0.0380. The summed E-state index contributed by atoms with van der Waals surface area (Å²) in [7, 11) is 0. The smallest absolute Gasteiger partial charge is 0.253 e. The van der Waals surface area contributed by atoms with Crippen molar-refractivity contribution in [2.45, 2.75) is 46.2 Å². The van der Waals surface area contributed by atoms with Gasteiger partial charge >= 0.3 is 0 Å². The number of rotatable bonds is 7. The predicted molar refractivity (Wildman–Crippen MR) is 83.0 cm³/mol. The second kappa shape index (κ2) is 7.90. The van der Waals surface area contributed by atoms with E-state index in [4.69, 9.17) is 0 Å². The van der Waals surface area contributed by atoms with Gasteiger partial charge < -0.3 is 15.7 Å². The number of carbonyl (C=O) groups is 1. The monoisotopic (exact) mass is 278 g/mol. The standard InChI is InChI=1S/C16H26N2O2/c1-11(2)9-13(10-19)18-16(20)14-7-5-6-8-15(14)17-12(3)4/h5-8,11-13,17,19H,9-10H2,1-4H3,(H,18,20). The lowest BCUT2D eigenvalue weighted by atomic mass is 10.0. The van der Waals surface area contributed by atoms with Crippen LogP contribution < -0.4 is 10.6 Å². The van der Waals surface area contributed by atoms with Gasteiger partial charge in [-0.3, -0.25) is 4.79 Å². The molecule has 1 aromatic carbocycles. The second-order valence-corrected chi connectivity index (χ2v) is 5.83. The molecule has 1 unspecified atom stereocenters. The summed E-state index contributed by atoms with van der Waals surface area (Å²) in [6.07, 6.45) is 0.766. The zero-order valence-corrected chi connectivity index (χ0v) is 12.8. The second-order valence-electron chi connectivity index (χ2n) is 5.83. The third-order valence-electron chi connectivity index (χ3n) is 2.93. The quantitative estimate of drug-likeness (QED) is 0.718. The lowest BCUT2D eigenvalue weighted by Crippen LogP contribution is -2.38. The summed E-state index contributed by atoms with van der Waals surface area (Å²) in [5.41, 5.74) is 1.43. The van der Waals surface area contributed by atoms with Crippen LogP contribution in [-0.4, -0.2) is 29.7 Å². The Bertz CT molecular complexity index is 430. The number of aliphatic hydroxyl groups is 1. The first-order valence-electron chi connectivity index (χ1n) is 7.21. The van der Waals surface area contributed by atoms with Gasteiger partial charge in [0.15, 0.2) is 0 Å². The highest BCUT2D eigenvalue weighted by atomic mass is 16.3. The van der Waals surface area contributed by atoms with Gasteiger partial charge in [0.1, 0.15) is 0 Å². The highest BCUT2D eigenvalue weighted by Crippen LogP contribution is 2.16. The Morgan fingerprint density at radius 1 is 1.20 bits per heavy atom. The van der Waals surface area contributed by atoms with E-state index in [0.29, 0.717) is 11.5 Å². The highest BCUT2D eigenvalue weighted by Gasteiger charge is 2.16. The molecule has 0 bridgehead atoms. The number of hydrogen-bond donors (Lipinski definition) is 3. The average molecular weight is 278 g/mol. The average Bonchev–Trinajstić information content (AvgIpc) is 2.37. The zero-order chi connectivity index (χ0) is 15.1. The van der Waals surface area contributed by atoms with Gasteiger partial charge in [-0.25, -0.2) is 0 Å². The molecule has 0 aliphatic heterocycles. The van der Waals surface area contributed by atoms with Crippen LogP contribution in [0.15, 0.2) is 24.3 Å². The largest absolute Gasteiger partial charge is 0.394 e. The van der Waals surface area contributed by atoms with E-state index >= 15 is 0 Å². The first-order valence-corrected chi connectivity index (χ1v) is 7.21. The number of nitrogens with one attached hydrogen (secondary N) is 2. The number of aliphatic hydroxyl groups excluding tert-OH is 1. The van der Waals surface area contributed by atoms with Crippen LogP contribution >= 0.6 is 0 Å². The van der Waals surface area contributed by atoms with E-state index in [2.05, 4.69) is 24.5 Å². The van der Waals surface area contributed by atoms with E-state index < -0.39 is 0 Å². The van der Waals surface area contributed by atoms with E-state index in [0.717, 1.165) is 12.1 Å². The van der Waals surface area contributed by atoms with Crippen LogP contribution in [0.25, 0.3) is 0 Å². The van der Waals surface area contributed by atoms with Crippen molar-refractivity contribution in [3.05, 3.63) is 29.8 Å². The fourth-order valence-corrected chi connectivity index (χ4v) is 2.13. The first kappa shape index (κ1) is 16.5. The summed E-state index contributed by atoms with van der Waals surface area (Å²) in [6, 6.07) is 7.49. The molecule has 1 aromatic rings. The Hall–Kier alpha value is -1.55. The normalized spacial score (nSPS) is 12.6. The van der Waals surface area contributed by atoms with Crippen LogP contribution in [0.4, 0.5) is 5.69 Å². The number of anilines is 1. The Kier molecular flexibility index (Phi) is 6.52. The summed E-state index contributed by atoms with van der Waals surface area (Å²) < 4.78 is 0. The van der Waals surface area contributed by atoms with Crippen LogP contribution in [0.3, 0.4) is 0 Å². The molecule has 0 saturated heterocycles. The van der Waals surface area contributed by atoms with E-state index in [-0.39, 0.29) is 24.6 Å². The van der Waals surface area contributed by atoms with Gasteiger partial charge in [0, 0.05) is 11.7 Å². The SMILES string of the molecule is CC(C)CC(CO)NC(=O)c1ccccc1NC(C)C. The number of amides is 1. The fraction of sp³-hybridized carbons (Fsp3) is 0.562. The molecular formula is C16H26N2O2. The molecule has 0 fully saturated rings. The molecule has 0 aromatic heterocycles. The van der Waals surface area contributed by atoms with Crippen LogP contribution in [-0.2, 0) is 0 Å². The van der Waals surface area contributed by atoms with Crippen molar-refractivity contribution in [2.75, 3.05) is 11.9 Å². The van der Waals surface area contributed by atoms with Crippen LogP contribution in [0, 0.1) is 5.92 Å². The van der Waals surface area contributed by atoms with Crippen LogP contribution in [0.5, 0.6) is 0 Å². The summed E-state index contributed by atoms with van der Waals surface area (Å²) in [5.74, 6) is 0.282. The molecule has 1 rings (SSSR count). The zero-order valence-electron chi connectivity index (χ0n) is 12.8. The van der Waals surface area contributed by atoms with Crippen molar-refractivity contribution in [2.24, 2.45) is 5.92 Å². The first-order chi connectivity index (χ1) is 9.43. The maximum Gasteiger partial charge on any atom is 0.253 e. The summed E-state index contributed by atoms with van der Waals surface area (Å²) in [4.78, 5) is 12.3. The van der Waals surface area contributed by atoms with Gasteiger partial charge in [-0.05, 0) is 38.3 Å². The summed E-state index contributed by atoms with van der Waals surface area (Å²) >= 11 is 0. The number of carbonyl (C=O) groups excluding carboxylic acids is 1. The number of para-hydroxylation sites is 1. The van der Waals surface area contributed by atoms with Gasteiger partial charge in [-0.15, -0.1) is 0 Å². The van der Waals surface area contributed by atoms with E-state index in [1.54, 1.807) is 6.07 Å². The van der Waals surface area contributed by atoms with E-state index in [9.17, 15) is 9.90 Å². The van der Waals surface area contributed by atoms with Gasteiger partial charge in [0.25, 0.3) is 5.91 Å². The molecule has 112 valence electrons. The molecule has 0 spiro atoms. The fourth-order valence-electron chi connectivity index (χ4n) is 2.13. The predicted octanol–water partition coefficient (Wildman–Crippen LogP) is 2.64. The molecule has 4 nitrogen and oxygen atoms in total. The Morgan fingerprint density at radius 2 is 1.85 bits per heavy atom. The third kappa shape index (κ3) is 5.21. The molecule has 0 radical (unpaired) electrons. The number of hydrogen-bond acceptors (Lipinski definition) is 3. The molecule has 0 aliphatic rings. The van der Waals surface area contributed by atoms with Crippen molar-refractivity contribution in [1.29, 1.82) is 0 Å². The van der Waals surface area contributed by atoms with Crippen molar-refractivity contribution in [1.82, 2.24) is 5.32 Å². The van der Waals surface area contributed by atoms with E-state index in [1.807, 2.05) is 32.0 Å². The molecular weight excluding hydrogens is 252 g/mol. The lowest BCUT2D eigenvalue weighted by molar-refractivity contribution is 0.0909. The van der Waals surface area contributed by atoms with Crippen molar-refractivity contribution < 1.29 is 9.90 Å². The van der Waals surface area contributed by atoms with Gasteiger partial charge in [0.2, 0.25) is 0 Å². The Morgan fingerprint density at radius 3 is 2.40 bits per heavy atom. The maximum absolute atomic E-state index is 12.3. The maximum atomic E-state index is 12.3.